The maximum atomic E-state index is 8.72. The third-order valence-electron chi connectivity index (χ3n) is 1.92. The monoisotopic (exact) mass is 181 g/mol. The van der Waals surface area contributed by atoms with Crippen molar-refractivity contribution in [1.82, 2.24) is 0 Å². The van der Waals surface area contributed by atoms with E-state index in [1.54, 1.807) is 0 Å². The first kappa shape index (κ1) is 11.3. The Morgan fingerprint density at radius 1 is 0.818 bits per heavy atom. The van der Waals surface area contributed by atoms with Gasteiger partial charge in [-0.25, -0.2) is 0 Å². The Bertz CT molecular complexity index is 80.7. The Balaban J connectivity index is 3.79. The Morgan fingerprint density at radius 2 is 1.09 bits per heavy atom. The molecule has 0 rings (SSSR count). The SMILES string of the molecule is C[P+](CCO)(CCO)CCO. The smallest absolute Gasteiger partial charge is 0.0824 e. The van der Waals surface area contributed by atoms with Crippen molar-refractivity contribution in [3.63, 3.8) is 0 Å². The summed E-state index contributed by atoms with van der Waals surface area (Å²) in [6, 6.07) is 0. The van der Waals surface area contributed by atoms with Crippen LogP contribution >= 0.6 is 7.26 Å². The van der Waals surface area contributed by atoms with Gasteiger partial charge in [0.2, 0.25) is 0 Å². The van der Waals surface area contributed by atoms with Crippen LogP contribution in [0.15, 0.2) is 0 Å². The second kappa shape index (κ2) is 5.90. The van der Waals surface area contributed by atoms with Gasteiger partial charge in [-0.3, -0.25) is 0 Å². The predicted molar refractivity (Wildman–Crippen MR) is 48.7 cm³/mol. The van der Waals surface area contributed by atoms with E-state index in [1.165, 1.54) is 0 Å². The minimum atomic E-state index is -1.22. The Kier molecular flexibility index (Phi) is 6.06. The summed E-state index contributed by atoms with van der Waals surface area (Å²) in [5.41, 5.74) is 0. The number of hydrogen-bond donors (Lipinski definition) is 3. The minimum Gasteiger partial charge on any atom is -0.393 e. The van der Waals surface area contributed by atoms with E-state index < -0.39 is 7.26 Å². The number of hydrogen-bond acceptors (Lipinski definition) is 3. The van der Waals surface area contributed by atoms with Gasteiger partial charge in [-0.1, -0.05) is 0 Å². The number of aliphatic hydroxyl groups is 3. The highest BCUT2D eigenvalue weighted by Crippen LogP contribution is 2.53. The summed E-state index contributed by atoms with van der Waals surface area (Å²) in [5.74, 6) is 0. The fraction of sp³-hybridized carbons (Fsp3) is 1.00. The molecular formula is C7H18O3P+. The van der Waals surface area contributed by atoms with Gasteiger partial charge in [0.1, 0.15) is 0 Å². The second-order valence-electron chi connectivity index (χ2n) is 2.96. The number of rotatable bonds is 6. The molecule has 0 aromatic carbocycles. The first-order valence-electron chi connectivity index (χ1n) is 3.84. The van der Waals surface area contributed by atoms with Gasteiger partial charge in [0, 0.05) is 13.9 Å². The van der Waals surface area contributed by atoms with Gasteiger partial charge in [-0.2, -0.15) is 0 Å². The third kappa shape index (κ3) is 4.70. The van der Waals surface area contributed by atoms with Crippen molar-refractivity contribution >= 4 is 7.26 Å². The standard InChI is InChI=1S/C7H18O3P/c1-11(5-2-8,6-3-9)7-4-10/h8-10H,2-7H2,1H3/q+1. The van der Waals surface area contributed by atoms with Crippen LogP contribution in [0.3, 0.4) is 0 Å². The van der Waals surface area contributed by atoms with E-state index in [4.69, 9.17) is 15.3 Å². The van der Waals surface area contributed by atoms with E-state index in [0.717, 1.165) is 18.5 Å². The fourth-order valence-electron chi connectivity index (χ4n) is 1.06. The van der Waals surface area contributed by atoms with Crippen molar-refractivity contribution in [3.05, 3.63) is 0 Å². The van der Waals surface area contributed by atoms with Crippen molar-refractivity contribution in [2.75, 3.05) is 45.0 Å². The van der Waals surface area contributed by atoms with Crippen LogP contribution in [-0.2, 0) is 0 Å². The van der Waals surface area contributed by atoms with Gasteiger partial charge in [-0.15, -0.1) is 0 Å². The molecule has 3 nitrogen and oxygen atoms in total. The molecule has 0 spiro atoms. The molecule has 0 fully saturated rings. The summed E-state index contributed by atoms with van der Waals surface area (Å²) in [5, 5.41) is 26.2. The molecule has 3 N–H and O–H groups in total. The Hall–Kier alpha value is 0.310. The number of aliphatic hydroxyl groups excluding tert-OH is 3. The van der Waals surface area contributed by atoms with Gasteiger partial charge in [0.15, 0.2) is 0 Å². The molecule has 0 unspecified atom stereocenters. The van der Waals surface area contributed by atoms with Gasteiger partial charge >= 0.3 is 0 Å². The molecule has 0 aromatic heterocycles. The summed E-state index contributed by atoms with van der Waals surface area (Å²) in [7, 11) is -1.22. The van der Waals surface area contributed by atoms with E-state index in [-0.39, 0.29) is 19.8 Å². The highest BCUT2D eigenvalue weighted by molar-refractivity contribution is 7.75. The third-order valence-corrected chi connectivity index (χ3v) is 5.76. The first-order chi connectivity index (χ1) is 5.18. The molecule has 0 aromatic rings. The lowest BCUT2D eigenvalue weighted by atomic mass is 10.8. The van der Waals surface area contributed by atoms with Gasteiger partial charge in [0.05, 0.1) is 38.3 Å². The molecule has 0 radical (unpaired) electrons. The Labute approximate surface area is 68.4 Å². The zero-order chi connectivity index (χ0) is 8.74. The lowest BCUT2D eigenvalue weighted by Gasteiger charge is -2.19. The average Bonchev–Trinajstić information content (AvgIpc) is 1.88. The zero-order valence-corrected chi connectivity index (χ0v) is 7.93. The summed E-state index contributed by atoms with van der Waals surface area (Å²) >= 11 is 0. The van der Waals surface area contributed by atoms with E-state index in [2.05, 4.69) is 6.66 Å². The molecule has 0 atom stereocenters. The quantitative estimate of drug-likeness (QED) is 0.489. The van der Waals surface area contributed by atoms with E-state index in [1.807, 2.05) is 0 Å². The molecule has 0 bridgehead atoms. The maximum absolute atomic E-state index is 8.72. The first-order valence-corrected chi connectivity index (χ1v) is 6.64. The van der Waals surface area contributed by atoms with E-state index >= 15 is 0 Å². The molecule has 0 aliphatic carbocycles. The van der Waals surface area contributed by atoms with Crippen LogP contribution in [-0.4, -0.2) is 60.3 Å². The van der Waals surface area contributed by atoms with Gasteiger partial charge in [-0.05, 0) is 0 Å². The largest absolute Gasteiger partial charge is 0.393 e. The second-order valence-corrected chi connectivity index (χ2v) is 7.54. The van der Waals surface area contributed by atoms with Gasteiger partial charge in [0.25, 0.3) is 0 Å². The highest BCUT2D eigenvalue weighted by Gasteiger charge is 2.29. The molecule has 0 saturated carbocycles. The van der Waals surface area contributed by atoms with Crippen molar-refractivity contribution in [1.29, 1.82) is 0 Å². The maximum Gasteiger partial charge on any atom is 0.0824 e. The zero-order valence-electron chi connectivity index (χ0n) is 7.03. The molecule has 0 saturated heterocycles. The summed E-state index contributed by atoms with van der Waals surface area (Å²) in [6.45, 7) is 2.59. The summed E-state index contributed by atoms with van der Waals surface area (Å²) in [6.07, 6.45) is 2.27. The lowest BCUT2D eigenvalue weighted by molar-refractivity contribution is 0.308. The summed E-state index contributed by atoms with van der Waals surface area (Å²) in [4.78, 5) is 0. The molecule has 68 valence electrons. The van der Waals surface area contributed by atoms with Crippen LogP contribution in [0.2, 0.25) is 0 Å². The topological polar surface area (TPSA) is 60.7 Å². The average molecular weight is 181 g/mol. The Morgan fingerprint density at radius 3 is 1.27 bits per heavy atom. The highest BCUT2D eigenvalue weighted by atomic mass is 31.2. The van der Waals surface area contributed by atoms with Crippen molar-refractivity contribution < 1.29 is 15.3 Å². The van der Waals surface area contributed by atoms with Crippen LogP contribution in [0.4, 0.5) is 0 Å². The lowest BCUT2D eigenvalue weighted by Crippen LogP contribution is -2.13. The van der Waals surface area contributed by atoms with Gasteiger partial charge < -0.3 is 15.3 Å². The molecule has 0 aliphatic rings. The van der Waals surface area contributed by atoms with Crippen molar-refractivity contribution in [3.8, 4) is 0 Å². The molecule has 11 heavy (non-hydrogen) atoms. The normalized spacial score (nSPS) is 12.0. The van der Waals surface area contributed by atoms with Crippen LogP contribution in [0.5, 0.6) is 0 Å². The van der Waals surface area contributed by atoms with Crippen molar-refractivity contribution in [2.45, 2.75) is 0 Å². The molecule has 0 heterocycles. The predicted octanol–water partition coefficient (Wildman–Crippen LogP) is -0.389. The summed E-state index contributed by atoms with van der Waals surface area (Å²) < 4.78 is 0. The van der Waals surface area contributed by atoms with Crippen LogP contribution in [0, 0.1) is 0 Å². The van der Waals surface area contributed by atoms with Crippen molar-refractivity contribution in [2.24, 2.45) is 0 Å². The minimum absolute atomic E-state index is 0.171. The van der Waals surface area contributed by atoms with Crippen LogP contribution < -0.4 is 0 Å². The van der Waals surface area contributed by atoms with E-state index in [9.17, 15) is 0 Å². The molecule has 4 heteroatoms. The van der Waals surface area contributed by atoms with E-state index in [0.29, 0.717) is 0 Å². The molecule has 0 amide bonds. The molecule has 0 aliphatic heterocycles. The molecular weight excluding hydrogens is 163 g/mol. The van der Waals surface area contributed by atoms with Crippen LogP contribution in [0.1, 0.15) is 0 Å². The fourth-order valence-corrected chi connectivity index (χ4v) is 3.18. The van der Waals surface area contributed by atoms with Crippen LogP contribution in [0.25, 0.3) is 0 Å².